The van der Waals surface area contributed by atoms with Crippen LogP contribution in [0.2, 0.25) is 0 Å². The SMILES string of the molecule is CCCNC(=O)CN(CC)S(=O)(=O)c1ccc(Br)cc1. The lowest BCUT2D eigenvalue weighted by Gasteiger charge is -2.20. The second-order valence-electron chi connectivity index (χ2n) is 4.24. The molecule has 1 aromatic carbocycles. The van der Waals surface area contributed by atoms with Gasteiger partial charge in [0.25, 0.3) is 0 Å². The highest BCUT2D eigenvalue weighted by atomic mass is 79.9. The minimum Gasteiger partial charge on any atom is -0.355 e. The van der Waals surface area contributed by atoms with Crippen LogP contribution in [0.5, 0.6) is 0 Å². The van der Waals surface area contributed by atoms with E-state index >= 15 is 0 Å². The molecule has 5 nitrogen and oxygen atoms in total. The quantitative estimate of drug-likeness (QED) is 0.806. The van der Waals surface area contributed by atoms with Crippen molar-refractivity contribution in [2.45, 2.75) is 25.2 Å². The van der Waals surface area contributed by atoms with Crippen molar-refractivity contribution in [2.24, 2.45) is 0 Å². The fourth-order valence-corrected chi connectivity index (χ4v) is 3.27. The number of rotatable bonds is 7. The Labute approximate surface area is 128 Å². The van der Waals surface area contributed by atoms with Crippen LogP contribution in [0.4, 0.5) is 0 Å². The van der Waals surface area contributed by atoms with Gasteiger partial charge in [0.15, 0.2) is 0 Å². The van der Waals surface area contributed by atoms with E-state index in [0.29, 0.717) is 6.54 Å². The van der Waals surface area contributed by atoms with Crippen molar-refractivity contribution < 1.29 is 13.2 Å². The van der Waals surface area contributed by atoms with Gasteiger partial charge in [0.2, 0.25) is 15.9 Å². The van der Waals surface area contributed by atoms with E-state index in [0.717, 1.165) is 10.9 Å². The normalized spacial score (nSPS) is 11.6. The summed E-state index contributed by atoms with van der Waals surface area (Å²) in [4.78, 5) is 11.9. The Morgan fingerprint density at radius 2 is 1.85 bits per heavy atom. The van der Waals surface area contributed by atoms with Gasteiger partial charge in [0, 0.05) is 17.6 Å². The van der Waals surface area contributed by atoms with Gasteiger partial charge in [0.05, 0.1) is 11.4 Å². The lowest BCUT2D eigenvalue weighted by Crippen LogP contribution is -2.40. The van der Waals surface area contributed by atoms with Crippen LogP contribution in [-0.2, 0) is 14.8 Å². The van der Waals surface area contributed by atoms with E-state index in [1.54, 1.807) is 19.1 Å². The van der Waals surface area contributed by atoms with Gasteiger partial charge in [0.1, 0.15) is 0 Å². The lowest BCUT2D eigenvalue weighted by molar-refractivity contribution is -0.121. The van der Waals surface area contributed by atoms with Crippen LogP contribution in [0.3, 0.4) is 0 Å². The average Bonchev–Trinajstić information content (AvgIpc) is 2.42. The Morgan fingerprint density at radius 3 is 2.35 bits per heavy atom. The summed E-state index contributed by atoms with van der Waals surface area (Å²) in [7, 11) is -3.64. The molecule has 7 heteroatoms. The summed E-state index contributed by atoms with van der Waals surface area (Å²) in [6.07, 6.45) is 0.817. The Bertz CT molecular complexity index is 543. The van der Waals surface area contributed by atoms with E-state index in [2.05, 4.69) is 21.2 Å². The Morgan fingerprint density at radius 1 is 1.25 bits per heavy atom. The topological polar surface area (TPSA) is 66.5 Å². The number of carbonyl (C=O) groups excluding carboxylic acids is 1. The molecule has 0 radical (unpaired) electrons. The van der Waals surface area contributed by atoms with Crippen LogP contribution in [0, 0.1) is 0 Å². The first kappa shape index (κ1) is 17.1. The number of amides is 1. The van der Waals surface area contributed by atoms with Crippen LogP contribution < -0.4 is 5.32 Å². The van der Waals surface area contributed by atoms with Crippen LogP contribution in [-0.4, -0.2) is 38.3 Å². The standard InChI is InChI=1S/C13H19BrN2O3S/c1-3-9-15-13(17)10-16(4-2)20(18,19)12-7-5-11(14)6-8-12/h5-8H,3-4,9-10H2,1-2H3,(H,15,17). The summed E-state index contributed by atoms with van der Waals surface area (Å²) in [6.45, 7) is 4.29. The summed E-state index contributed by atoms with van der Waals surface area (Å²) in [5.74, 6) is -0.283. The van der Waals surface area contributed by atoms with Crippen molar-refractivity contribution in [1.29, 1.82) is 0 Å². The molecule has 0 heterocycles. The highest BCUT2D eigenvalue weighted by Crippen LogP contribution is 2.18. The zero-order valence-electron chi connectivity index (χ0n) is 11.6. The number of likely N-dealkylation sites (N-methyl/N-ethyl adjacent to an activating group) is 1. The maximum atomic E-state index is 12.4. The summed E-state index contributed by atoms with van der Waals surface area (Å²) >= 11 is 3.26. The first-order valence-corrected chi connectivity index (χ1v) is 8.67. The van der Waals surface area contributed by atoms with Gasteiger partial charge in [-0.05, 0) is 30.7 Å². The molecule has 20 heavy (non-hydrogen) atoms. The zero-order chi connectivity index (χ0) is 15.2. The maximum absolute atomic E-state index is 12.4. The van der Waals surface area contributed by atoms with Crippen LogP contribution >= 0.6 is 15.9 Å². The fourth-order valence-electron chi connectivity index (χ4n) is 1.60. The molecular formula is C13H19BrN2O3S. The van der Waals surface area contributed by atoms with Gasteiger partial charge in [-0.3, -0.25) is 4.79 Å². The molecule has 0 spiro atoms. The molecule has 0 aliphatic rings. The summed E-state index contributed by atoms with van der Waals surface area (Å²) in [5.41, 5.74) is 0. The number of hydrogen-bond donors (Lipinski definition) is 1. The van der Waals surface area contributed by atoms with Gasteiger partial charge in [-0.1, -0.05) is 29.8 Å². The number of nitrogens with zero attached hydrogens (tertiary/aromatic N) is 1. The number of hydrogen-bond acceptors (Lipinski definition) is 3. The first-order chi connectivity index (χ1) is 9.41. The van der Waals surface area contributed by atoms with Crippen molar-refractivity contribution in [3.05, 3.63) is 28.7 Å². The van der Waals surface area contributed by atoms with E-state index in [4.69, 9.17) is 0 Å². The smallest absolute Gasteiger partial charge is 0.243 e. The molecule has 0 atom stereocenters. The highest BCUT2D eigenvalue weighted by Gasteiger charge is 2.24. The molecule has 0 saturated carbocycles. The predicted octanol–water partition coefficient (Wildman–Crippen LogP) is 1.99. The number of nitrogens with one attached hydrogen (secondary N) is 1. The van der Waals surface area contributed by atoms with Crippen molar-refractivity contribution in [2.75, 3.05) is 19.6 Å². The van der Waals surface area contributed by atoms with Gasteiger partial charge in [-0.15, -0.1) is 0 Å². The maximum Gasteiger partial charge on any atom is 0.243 e. The number of sulfonamides is 1. The van der Waals surface area contributed by atoms with E-state index in [1.165, 1.54) is 16.4 Å². The molecule has 0 saturated heterocycles. The number of halogens is 1. The predicted molar refractivity (Wildman–Crippen MR) is 81.9 cm³/mol. The zero-order valence-corrected chi connectivity index (χ0v) is 14.0. The second-order valence-corrected chi connectivity index (χ2v) is 7.09. The van der Waals surface area contributed by atoms with Gasteiger partial charge < -0.3 is 5.32 Å². The molecule has 0 fully saturated rings. The summed E-state index contributed by atoms with van der Waals surface area (Å²) < 4.78 is 26.8. The van der Waals surface area contributed by atoms with Crippen molar-refractivity contribution in [1.82, 2.24) is 9.62 Å². The molecule has 1 N–H and O–H groups in total. The average molecular weight is 363 g/mol. The highest BCUT2D eigenvalue weighted by molar-refractivity contribution is 9.10. The van der Waals surface area contributed by atoms with E-state index in [9.17, 15) is 13.2 Å². The molecule has 0 aliphatic heterocycles. The molecule has 1 aromatic rings. The van der Waals surface area contributed by atoms with Crippen LogP contribution in [0.25, 0.3) is 0 Å². The van der Waals surface area contributed by atoms with Gasteiger partial charge >= 0.3 is 0 Å². The van der Waals surface area contributed by atoms with Crippen molar-refractivity contribution in [3.63, 3.8) is 0 Å². The second kappa shape index (κ2) is 7.75. The molecule has 112 valence electrons. The largest absolute Gasteiger partial charge is 0.355 e. The van der Waals surface area contributed by atoms with Crippen molar-refractivity contribution >= 4 is 31.9 Å². The fraction of sp³-hybridized carbons (Fsp3) is 0.462. The van der Waals surface area contributed by atoms with Crippen LogP contribution in [0.1, 0.15) is 20.3 Å². The molecule has 0 unspecified atom stereocenters. The molecule has 1 amide bonds. The molecule has 0 aliphatic carbocycles. The third-order valence-electron chi connectivity index (χ3n) is 2.70. The minimum atomic E-state index is -3.64. The summed E-state index contributed by atoms with van der Waals surface area (Å²) in [6, 6.07) is 6.37. The van der Waals surface area contributed by atoms with Gasteiger partial charge in [-0.2, -0.15) is 4.31 Å². The monoisotopic (exact) mass is 362 g/mol. The molecule has 0 bridgehead atoms. The van der Waals surface area contributed by atoms with Gasteiger partial charge in [-0.25, -0.2) is 8.42 Å². The summed E-state index contributed by atoms with van der Waals surface area (Å²) in [5, 5.41) is 2.68. The third kappa shape index (κ3) is 4.57. The lowest BCUT2D eigenvalue weighted by atomic mass is 10.4. The first-order valence-electron chi connectivity index (χ1n) is 6.44. The number of benzene rings is 1. The molecular weight excluding hydrogens is 344 g/mol. The van der Waals surface area contributed by atoms with E-state index in [-0.39, 0.29) is 23.9 Å². The number of carbonyl (C=O) groups is 1. The Hall–Kier alpha value is -0.920. The Kier molecular flexibility index (Phi) is 6.64. The van der Waals surface area contributed by atoms with Crippen LogP contribution in [0.15, 0.2) is 33.6 Å². The minimum absolute atomic E-state index is 0.158. The molecule has 0 aromatic heterocycles. The van der Waals surface area contributed by atoms with E-state index < -0.39 is 10.0 Å². The van der Waals surface area contributed by atoms with Crippen molar-refractivity contribution in [3.8, 4) is 0 Å². The Balaban J connectivity index is 2.87. The molecule has 1 rings (SSSR count). The van der Waals surface area contributed by atoms with E-state index in [1.807, 2.05) is 6.92 Å². The third-order valence-corrected chi connectivity index (χ3v) is 5.16.